The first-order valence-corrected chi connectivity index (χ1v) is 17.1. The number of piperazine rings is 1. The molecule has 0 saturated carbocycles. The molecule has 3 aliphatic heterocycles. The van der Waals surface area contributed by atoms with Crippen LogP contribution >= 0.6 is 11.3 Å². The van der Waals surface area contributed by atoms with Crippen LogP contribution in [-0.4, -0.2) is 104 Å². The Morgan fingerprint density at radius 2 is 1.82 bits per heavy atom. The molecule has 6 rings (SSSR count). The summed E-state index contributed by atoms with van der Waals surface area (Å²) in [6, 6.07) is 12.9. The van der Waals surface area contributed by atoms with E-state index in [4.69, 9.17) is 14.2 Å². The van der Waals surface area contributed by atoms with E-state index in [0.29, 0.717) is 26.4 Å². The molecule has 3 aliphatic rings. The molecule has 4 unspecified atom stereocenters. The highest BCUT2D eigenvalue weighted by molar-refractivity contribution is 7.91. The van der Waals surface area contributed by atoms with Gasteiger partial charge in [0.15, 0.2) is 5.60 Å². The lowest BCUT2D eigenvalue weighted by molar-refractivity contribution is -0.269. The van der Waals surface area contributed by atoms with Crippen molar-refractivity contribution >= 4 is 27.3 Å². The molecular weight excluding hydrogens is 631 g/mol. The molecule has 0 N–H and O–H groups in total. The zero-order valence-electron chi connectivity index (χ0n) is 25.0. The fraction of sp³-hybridized carbons (Fsp3) is 0.533. The van der Waals surface area contributed by atoms with E-state index in [2.05, 4.69) is 14.9 Å². The maximum atomic E-state index is 13.8. The number of morpholine rings is 1. The number of alkyl halides is 3. The monoisotopic (exact) mass is 667 g/mol. The number of sulfonamides is 1. The van der Waals surface area contributed by atoms with Crippen LogP contribution in [0.3, 0.4) is 0 Å². The second-order valence-electron chi connectivity index (χ2n) is 11.7. The van der Waals surface area contributed by atoms with Crippen LogP contribution in [0.15, 0.2) is 64.4 Å². The summed E-state index contributed by atoms with van der Waals surface area (Å²) in [5.41, 5.74) is -1.71. The lowest BCUT2D eigenvalue weighted by Gasteiger charge is -2.45. The molecule has 5 heterocycles. The molecule has 0 aliphatic carbocycles. The van der Waals surface area contributed by atoms with E-state index in [1.165, 1.54) is 15.6 Å². The number of nitrogens with zero attached hydrogens (tertiary/aromatic N) is 5. The van der Waals surface area contributed by atoms with Gasteiger partial charge in [-0.05, 0) is 30.4 Å². The fourth-order valence-corrected chi connectivity index (χ4v) is 8.95. The van der Waals surface area contributed by atoms with Gasteiger partial charge in [0.2, 0.25) is 5.95 Å². The summed E-state index contributed by atoms with van der Waals surface area (Å²) >= 11 is 1.17. The quantitative estimate of drug-likeness (QED) is 0.319. The summed E-state index contributed by atoms with van der Waals surface area (Å²) < 4.78 is 87.4. The fourth-order valence-electron chi connectivity index (χ4n) is 6.34. The van der Waals surface area contributed by atoms with Crippen molar-refractivity contribution < 1.29 is 35.8 Å². The van der Waals surface area contributed by atoms with Gasteiger partial charge in [0, 0.05) is 57.3 Å². The van der Waals surface area contributed by atoms with Crippen molar-refractivity contribution in [2.24, 2.45) is 0 Å². The van der Waals surface area contributed by atoms with Crippen LogP contribution in [0.5, 0.6) is 0 Å². The molecule has 10 nitrogen and oxygen atoms in total. The van der Waals surface area contributed by atoms with Crippen molar-refractivity contribution in [3.05, 3.63) is 71.4 Å². The number of aromatic nitrogens is 2. The first-order valence-electron chi connectivity index (χ1n) is 14.7. The number of halogens is 3. The highest BCUT2D eigenvalue weighted by atomic mass is 32.2. The van der Waals surface area contributed by atoms with Crippen molar-refractivity contribution in [3.8, 4) is 0 Å². The van der Waals surface area contributed by atoms with Gasteiger partial charge in [0.1, 0.15) is 4.21 Å². The van der Waals surface area contributed by atoms with Crippen LogP contribution < -0.4 is 4.90 Å². The Labute approximate surface area is 264 Å². The number of anilines is 1. The SMILES string of the molecule is COC(C)(c1cnc(N2CCN(S(=O)(=O)c3cccs3)C[C@@H]2CN2C3COCC2C(OCc2ccccc2)C3)nc1)C(F)(F)F. The van der Waals surface area contributed by atoms with E-state index >= 15 is 0 Å². The predicted octanol–water partition coefficient (Wildman–Crippen LogP) is 3.90. The van der Waals surface area contributed by atoms with Crippen molar-refractivity contribution in [2.45, 2.75) is 60.2 Å². The molecule has 244 valence electrons. The second kappa shape index (κ2) is 12.9. The Bertz CT molecular complexity index is 1530. The molecule has 0 spiro atoms. The number of hydrogen-bond donors (Lipinski definition) is 0. The largest absolute Gasteiger partial charge is 0.421 e. The lowest BCUT2D eigenvalue weighted by Crippen LogP contribution is -2.61. The van der Waals surface area contributed by atoms with Crippen LogP contribution in [0.1, 0.15) is 24.5 Å². The molecule has 0 radical (unpaired) electrons. The van der Waals surface area contributed by atoms with E-state index < -0.39 is 21.8 Å². The number of benzene rings is 1. The normalized spacial score (nSPS) is 26.2. The van der Waals surface area contributed by atoms with Crippen molar-refractivity contribution in [1.82, 2.24) is 19.2 Å². The minimum absolute atomic E-state index is 0.0314. The molecule has 3 fully saturated rings. The molecule has 0 amide bonds. The van der Waals surface area contributed by atoms with Crippen LogP contribution in [0.2, 0.25) is 0 Å². The average molecular weight is 668 g/mol. The highest BCUT2D eigenvalue weighted by Crippen LogP contribution is 2.41. The molecular formula is C30H36F3N5O5S2. The number of hydrogen-bond acceptors (Lipinski definition) is 10. The molecule has 15 heteroatoms. The molecule has 5 atom stereocenters. The van der Waals surface area contributed by atoms with Crippen LogP contribution in [0, 0.1) is 0 Å². The van der Waals surface area contributed by atoms with Gasteiger partial charge < -0.3 is 19.1 Å². The number of methoxy groups -OCH3 is 1. The second-order valence-corrected chi connectivity index (χ2v) is 14.8. The van der Waals surface area contributed by atoms with Gasteiger partial charge in [-0.1, -0.05) is 36.4 Å². The number of ether oxygens (including phenoxy) is 3. The Hall–Kier alpha value is -2.66. The Kier molecular flexibility index (Phi) is 9.22. The molecule has 3 saturated heterocycles. The summed E-state index contributed by atoms with van der Waals surface area (Å²) in [7, 11) is -2.73. The van der Waals surface area contributed by atoms with Gasteiger partial charge in [-0.15, -0.1) is 11.3 Å². The average Bonchev–Trinajstić information content (AvgIpc) is 3.64. The van der Waals surface area contributed by atoms with Crippen molar-refractivity contribution in [2.75, 3.05) is 51.4 Å². The predicted molar refractivity (Wildman–Crippen MR) is 161 cm³/mol. The number of fused-ring (bicyclic) bond motifs is 2. The van der Waals surface area contributed by atoms with Gasteiger partial charge >= 0.3 is 6.18 Å². The Morgan fingerprint density at radius 1 is 1.07 bits per heavy atom. The molecule has 1 aromatic carbocycles. The van der Waals surface area contributed by atoms with Gasteiger partial charge in [-0.2, -0.15) is 17.5 Å². The maximum absolute atomic E-state index is 13.8. The Morgan fingerprint density at radius 3 is 2.49 bits per heavy atom. The van der Waals surface area contributed by atoms with Crippen LogP contribution in [-0.2, 0) is 36.4 Å². The third-order valence-electron chi connectivity index (χ3n) is 9.09. The topological polar surface area (TPSA) is 97.3 Å². The third-order valence-corrected chi connectivity index (χ3v) is 12.3. The summed E-state index contributed by atoms with van der Waals surface area (Å²) in [6.07, 6.45) is -1.69. The lowest BCUT2D eigenvalue weighted by atomic mass is 9.98. The van der Waals surface area contributed by atoms with Gasteiger partial charge in [0.25, 0.3) is 10.0 Å². The summed E-state index contributed by atoms with van der Waals surface area (Å²) in [5.74, 6) is 0.232. The smallest absolute Gasteiger partial charge is 0.378 e. The summed E-state index contributed by atoms with van der Waals surface area (Å²) in [5, 5.41) is 1.73. The van der Waals surface area contributed by atoms with Crippen molar-refractivity contribution in [3.63, 3.8) is 0 Å². The number of thiophene rings is 1. The molecule has 2 aromatic heterocycles. The van der Waals surface area contributed by atoms with Crippen LogP contribution in [0.4, 0.5) is 19.1 Å². The van der Waals surface area contributed by atoms with E-state index in [9.17, 15) is 21.6 Å². The zero-order chi connectivity index (χ0) is 31.8. The van der Waals surface area contributed by atoms with Gasteiger partial charge in [-0.25, -0.2) is 18.4 Å². The third kappa shape index (κ3) is 6.35. The van der Waals surface area contributed by atoms with Gasteiger partial charge in [0.05, 0.1) is 38.0 Å². The van der Waals surface area contributed by atoms with Crippen molar-refractivity contribution in [1.29, 1.82) is 0 Å². The molecule has 2 bridgehead atoms. The minimum Gasteiger partial charge on any atom is -0.378 e. The van der Waals surface area contributed by atoms with E-state index in [1.54, 1.807) is 17.5 Å². The van der Waals surface area contributed by atoms with E-state index in [0.717, 1.165) is 38.4 Å². The van der Waals surface area contributed by atoms with Gasteiger partial charge in [-0.3, -0.25) is 4.90 Å². The Balaban J connectivity index is 1.25. The minimum atomic E-state index is -4.67. The molecule has 45 heavy (non-hydrogen) atoms. The van der Waals surface area contributed by atoms with E-state index in [1.807, 2.05) is 35.2 Å². The summed E-state index contributed by atoms with van der Waals surface area (Å²) in [4.78, 5) is 12.9. The standard InChI is InChI=1S/C30H36F3N5O5S2/c1-29(41-2,30(31,32)33)22-14-34-28(35-15-22)37-11-10-36(45(39,40)27-9-6-12-44-27)16-24(37)17-38-23-13-26(25(38)20-42-19-23)43-18-21-7-4-3-5-8-21/h3-9,12,14-15,23-26H,10-11,13,16-20H2,1-2H3/t23?,24-,25?,26?,29?/m1/s1. The maximum Gasteiger partial charge on any atom is 0.421 e. The first kappa shape index (κ1) is 32.3. The zero-order valence-corrected chi connectivity index (χ0v) is 26.6. The van der Waals surface area contributed by atoms with E-state index in [-0.39, 0.29) is 59.6 Å². The van der Waals surface area contributed by atoms with Crippen LogP contribution in [0.25, 0.3) is 0 Å². The summed E-state index contributed by atoms with van der Waals surface area (Å²) in [6.45, 7) is 3.51. The highest BCUT2D eigenvalue weighted by Gasteiger charge is 2.54. The number of rotatable bonds is 10. The molecule has 3 aromatic rings. The first-order chi connectivity index (χ1) is 21.5.